The van der Waals surface area contributed by atoms with Gasteiger partial charge >= 0.3 is 0 Å². The van der Waals surface area contributed by atoms with Crippen molar-refractivity contribution in [1.29, 1.82) is 0 Å². The van der Waals surface area contributed by atoms with Crippen molar-refractivity contribution in [2.24, 2.45) is 22.4 Å². The lowest BCUT2D eigenvalue weighted by atomic mass is 9.83. The van der Waals surface area contributed by atoms with E-state index in [1.807, 2.05) is 0 Å². The lowest BCUT2D eigenvalue weighted by Gasteiger charge is -2.33. The molecule has 1 rings (SSSR count). The van der Waals surface area contributed by atoms with Crippen LogP contribution >= 0.6 is 24.0 Å². The minimum Gasteiger partial charge on any atom is -0.370 e. The lowest BCUT2D eigenvalue weighted by molar-refractivity contribution is 0.176. The Kier molecular flexibility index (Phi) is 8.09. The maximum atomic E-state index is 5.38. The van der Waals surface area contributed by atoms with Crippen LogP contribution < -0.4 is 11.5 Å². The predicted molar refractivity (Wildman–Crippen MR) is 80.1 cm³/mol. The van der Waals surface area contributed by atoms with Crippen LogP contribution in [0.1, 0.15) is 32.1 Å². The molecule has 1 aliphatic rings. The number of rotatable bonds is 4. The maximum absolute atomic E-state index is 5.38. The zero-order valence-electron chi connectivity index (χ0n) is 10.4. The molecule has 4 N–H and O–H groups in total. The summed E-state index contributed by atoms with van der Waals surface area (Å²) >= 11 is 0. The van der Waals surface area contributed by atoms with Crippen molar-refractivity contribution in [1.82, 2.24) is 4.90 Å². The Morgan fingerprint density at radius 1 is 1.25 bits per heavy atom. The minimum atomic E-state index is 0. The van der Waals surface area contributed by atoms with Crippen LogP contribution in [0.5, 0.6) is 0 Å². The standard InChI is InChI=1S/C11H24N4.HI/c1-15(2)10(8-14-11(12)13)9-6-4-3-5-7-9;/h9-10H,3-8H2,1-2H3,(H4,12,13,14);1H. The molecule has 0 saturated heterocycles. The Balaban J connectivity index is 0.00000225. The molecule has 0 heterocycles. The first kappa shape index (κ1) is 16.0. The van der Waals surface area contributed by atoms with Gasteiger partial charge in [-0.2, -0.15) is 0 Å². The van der Waals surface area contributed by atoms with Gasteiger partial charge in [-0.1, -0.05) is 19.3 Å². The van der Waals surface area contributed by atoms with E-state index >= 15 is 0 Å². The highest BCUT2D eigenvalue weighted by Crippen LogP contribution is 2.28. The van der Waals surface area contributed by atoms with E-state index in [4.69, 9.17) is 11.5 Å². The number of likely N-dealkylation sites (N-methyl/N-ethyl adjacent to an activating group) is 1. The normalized spacial score (nSPS) is 18.9. The summed E-state index contributed by atoms with van der Waals surface area (Å²) < 4.78 is 0. The second kappa shape index (κ2) is 8.11. The second-order valence-corrected chi connectivity index (χ2v) is 4.69. The topological polar surface area (TPSA) is 67.6 Å². The summed E-state index contributed by atoms with van der Waals surface area (Å²) in [5, 5.41) is 0. The van der Waals surface area contributed by atoms with Crippen LogP contribution in [-0.4, -0.2) is 37.5 Å². The first-order valence-electron chi connectivity index (χ1n) is 5.83. The zero-order valence-corrected chi connectivity index (χ0v) is 12.7. The highest BCUT2D eigenvalue weighted by Gasteiger charge is 2.24. The fourth-order valence-electron chi connectivity index (χ4n) is 2.45. The Hall–Kier alpha value is -0.0400. The molecule has 1 aliphatic carbocycles. The highest BCUT2D eigenvalue weighted by atomic mass is 127. The number of guanidine groups is 1. The molecule has 5 heteroatoms. The smallest absolute Gasteiger partial charge is 0.185 e. The van der Waals surface area contributed by atoms with E-state index in [9.17, 15) is 0 Å². The molecule has 0 aromatic carbocycles. The quantitative estimate of drug-likeness (QED) is 0.462. The fourth-order valence-corrected chi connectivity index (χ4v) is 2.45. The molecule has 4 nitrogen and oxygen atoms in total. The van der Waals surface area contributed by atoms with Gasteiger partial charge in [0.2, 0.25) is 0 Å². The summed E-state index contributed by atoms with van der Waals surface area (Å²) in [6, 6.07) is 0.493. The number of aliphatic imine (C=N–C) groups is 1. The molecule has 96 valence electrons. The molecule has 1 saturated carbocycles. The molecule has 0 bridgehead atoms. The predicted octanol–water partition coefficient (Wildman–Crippen LogP) is 1.39. The molecule has 0 aromatic rings. The Bertz CT molecular complexity index is 208. The summed E-state index contributed by atoms with van der Waals surface area (Å²) in [6.45, 7) is 0.736. The summed E-state index contributed by atoms with van der Waals surface area (Å²) in [4.78, 5) is 6.40. The lowest BCUT2D eigenvalue weighted by Crippen LogP contribution is -2.39. The number of nitrogens with two attached hydrogens (primary N) is 2. The van der Waals surface area contributed by atoms with Crippen molar-refractivity contribution < 1.29 is 0 Å². The fraction of sp³-hybridized carbons (Fsp3) is 0.909. The van der Waals surface area contributed by atoms with Crippen LogP contribution in [0.25, 0.3) is 0 Å². The molecule has 0 aliphatic heterocycles. The molecule has 0 aromatic heterocycles. The maximum Gasteiger partial charge on any atom is 0.185 e. The molecule has 0 amide bonds. The van der Waals surface area contributed by atoms with E-state index in [2.05, 4.69) is 24.0 Å². The summed E-state index contributed by atoms with van der Waals surface area (Å²) in [6.07, 6.45) is 6.75. The van der Waals surface area contributed by atoms with Gasteiger partial charge in [-0.05, 0) is 32.9 Å². The van der Waals surface area contributed by atoms with Crippen LogP contribution in [-0.2, 0) is 0 Å². The van der Waals surface area contributed by atoms with Crippen molar-refractivity contribution in [2.45, 2.75) is 38.1 Å². The van der Waals surface area contributed by atoms with Gasteiger partial charge in [-0.15, -0.1) is 24.0 Å². The third kappa shape index (κ3) is 5.34. The van der Waals surface area contributed by atoms with E-state index in [0.29, 0.717) is 6.04 Å². The third-order valence-electron chi connectivity index (χ3n) is 3.32. The Morgan fingerprint density at radius 2 is 1.81 bits per heavy atom. The SMILES string of the molecule is CN(C)C(CN=C(N)N)C1CCCCC1.I. The average Bonchev–Trinajstić information content (AvgIpc) is 2.18. The number of halogens is 1. The van der Waals surface area contributed by atoms with E-state index < -0.39 is 0 Å². The monoisotopic (exact) mass is 340 g/mol. The number of nitrogens with zero attached hydrogens (tertiary/aromatic N) is 2. The van der Waals surface area contributed by atoms with Crippen LogP contribution in [0, 0.1) is 5.92 Å². The minimum absolute atomic E-state index is 0. The van der Waals surface area contributed by atoms with Crippen molar-refractivity contribution in [3.05, 3.63) is 0 Å². The van der Waals surface area contributed by atoms with Crippen LogP contribution in [0.4, 0.5) is 0 Å². The van der Waals surface area contributed by atoms with Gasteiger partial charge in [-0.3, -0.25) is 4.99 Å². The van der Waals surface area contributed by atoms with E-state index in [0.717, 1.165) is 12.5 Å². The summed E-state index contributed by atoms with van der Waals surface area (Å²) in [5.74, 6) is 0.967. The second-order valence-electron chi connectivity index (χ2n) is 4.69. The average molecular weight is 340 g/mol. The molecular formula is C11H25IN4. The van der Waals surface area contributed by atoms with Gasteiger partial charge in [0.15, 0.2) is 5.96 Å². The summed E-state index contributed by atoms with van der Waals surface area (Å²) in [7, 11) is 4.23. The summed E-state index contributed by atoms with van der Waals surface area (Å²) in [5.41, 5.74) is 10.8. The first-order chi connectivity index (χ1) is 7.11. The molecular weight excluding hydrogens is 315 g/mol. The zero-order chi connectivity index (χ0) is 11.3. The molecule has 16 heavy (non-hydrogen) atoms. The first-order valence-corrected chi connectivity index (χ1v) is 5.83. The van der Waals surface area contributed by atoms with E-state index in [1.165, 1.54) is 32.1 Å². The van der Waals surface area contributed by atoms with Crippen molar-refractivity contribution >= 4 is 29.9 Å². The van der Waals surface area contributed by atoms with Crippen molar-refractivity contribution in [3.8, 4) is 0 Å². The van der Waals surface area contributed by atoms with Crippen molar-refractivity contribution in [2.75, 3.05) is 20.6 Å². The van der Waals surface area contributed by atoms with Crippen LogP contribution in [0.15, 0.2) is 4.99 Å². The Labute approximate surface area is 116 Å². The van der Waals surface area contributed by atoms with Gasteiger partial charge in [-0.25, -0.2) is 0 Å². The van der Waals surface area contributed by atoms with Gasteiger partial charge in [0.1, 0.15) is 0 Å². The highest BCUT2D eigenvalue weighted by molar-refractivity contribution is 14.0. The third-order valence-corrected chi connectivity index (χ3v) is 3.32. The van der Waals surface area contributed by atoms with Gasteiger partial charge in [0.25, 0.3) is 0 Å². The van der Waals surface area contributed by atoms with Crippen LogP contribution in [0.2, 0.25) is 0 Å². The molecule has 1 fully saturated rings. The van der Waals surface area contributed by atoms with Crippen LogP contribution in [0.3, 0.4) is 0 Å². The van der Waals surface area contributed by atoms with Gasteiger partial charge in [0, 0.05) is 6.04 Å². The van der Waals surface area contributed by atoms with Gasteiger partial charge in [0.05, 0.1) is 6.54 Å². The van der Waals surface area contributed by atoms with E-state index in [-0.39, 0.29) is 29.9 Å². The molecule has 0 radical (unpaired) electrons. The molecule has 1 unspecified atom stereocenters. The van der Waals surface area contributed by atoms with E-state index in [1.54, 1.807) is 0 Å². The Morgan fingerprint density at radius 3 is 2.25 bits per heavy atom. The van der Waals surface area contributed by atoms with Crippen molar-refractivity contribution in [3.63, 3.8) is 0 Å². The van der Waals surface area contributed by atoms with Gasteiger partial charge < -0.3 is 16.4 Å². The molecule has 0 spiro atoms. The largest absolute Gasteiger partial charge is 0.370 e. The number of hydrogen-bond acceptors (Lipinski definition) is 2. The molecule has 1 atom stereocenters. The number of hydrogen-bond donors (Lipinski definition) is 2.